The van der Waals surface area contributed by atoms with Gasteiger partial charge in [0.25, 0.3) is 0 Å². The normalized spacial score (nSPS) is 12.1. The summed E-state index contributed by atoms with van der Waals surface area (Å²) in [7, 11) is 0.549. The Labute approximate surface area is 101 Å². The van der Waals surface area contributed by atoms with E-state index in [2.05, 4.69) is 15.0 Å². The Morgan fingerprint density at radius 3 is 3.06 bits per heavy atom. The van der Waals surface area contributed by atoms with E-state index in [1.165, 1.54) is 18.4 Å². The van der Waals surface area contributed by atoms with Gasteiger partial charge in [0.15, 0.2) is 5.13 Å². The van der Waals surface area contributed by atoms with Crippen molar-refractivity contribution in [3.05, 3.63) is 11.1 Å². The number of rotatable bonds is 6. The van der Waals surface area contributed by atoms with Crippen LogP contribution in [-0.2, 0) is 26.8 Å². The second-order valence-corrected chi connectivity index (χ2v) is 5.51. The van der Waals surface area contributed by atoms with Crippen LogP contribution in [0.3, 0.4) is 0 Å². The molecule has 1 N–H and O–H groups in total. The molecule has 1 aromatic heterocycles. The molecule has 90 valence electrons. The van der Waals surface area contributed by atoms with Gasteiger partial charge in [-0.05, 0) is 0 Å². The van der Waals surface area contributed by atoms with Crippen LogP contribution in [0.1, 0.15) is 5.69 Å². The number of aromatic nitrogens is 1. The third-order valence-corrected chi connectivity index (χ3v) is 3.40. The first-order chi connectivity index (χ1) is 7.61. The minimum atomic E-state index is -0.803. The lowest BCUT2D eigenvalue weighted by molar-refractivity contribution is -0.139. The van der Waals surface area contributed by atoms with Crippen molar-refractivity contribution >= 4 is 33.2 Å². The molecule has 0 saturated carbocycles. The van der Waals surface area contributed by atoms with E-state index in [1.54, 1.807) is 6.26 Å². The molecule has 1 aromatic rings. The summed E-state index contributed by atoms with van der Waals surface area (Å²) < 4.78 is 15.4. The molecule has 7 heteroatoms. The van der Waals surface area contributed by atoms with Crippen LogP contribution in [0.2, 0.25) is 0 Å². The zero-order chi connectivity index (χ0) is 12.0. The molecule has 1 rings (SSSR count). The highest BCUT2D eigenvalue weighted by molar-refractivity contribution is 7.84. The van der Waals surface area contributed by atoms with Gasteiger partial charge in [-0.15, -0.1) is 11.3 Å². The maximum atomic E-state index is 11.0. The van der Waals surface area contributed by atoms with Gasteiger partial charge in [0.05, 0.1) is 19.2 Å². The van der Waals surface area contributed by atoms with Gasteiger partial charge in [-0.2, -0.15) is 0 Å². The molecular weight excluding hydrogens is 248 g/mol. The van der Waals surface area contributed by atoms with Crippen LogP contribution in [0.4, 0.5) is 5.13 Å². The van der Waals surface area contributed by atoms with Crippen molar-refractivity contribution in [1.29, 1.82) is 0 Å². The Morgan fingerprint density at radius 2 is 2.44 bits per heavy atom. The van der Waals surface area contributed by atoms with Crippen molar-refractivity contribution in [3.63, 3.8) is 0 Å². The van der Waals surface area contributed by atoms with Crippen LogP contribution >= 0.6 is 11.3 Å². The number of carbonyl (C=O) groups excluding carboxylic acids is 1. The van der Waals surface area contributed by atoms with Crippen molar-refractivity contribution in [1.82, 2.24) is 4.98 Å². The first-order valence-corrected chi connectivity index (χ1v) is 7.27. The van der Waals surface area contributed by atoms with Gasteiger partial charge in [-0.1, -0.05) is 0 Å². The molecule has 0 radical (unpaired) electrons. The van der Waals surface area contributed by atoms with Crippen molar-refractivity contribution in [2.24, 2.45) is 0 Å². The van der Waals surface area contributed by atoms with Crippen LogP contribution in [0.5, 0.6) is 0 Å². The maximum Gasteiger partial charge on any atom is 0.311 e. The topological polar surface area (TPSA) is 68.3 Å². The summed E-state index contributed by atoms with van der Waals surface area (Å²) in [5.41, 5.74) is 0.692. The van der Waals surface area contributed by atoms with Crippen LogP contribution in [0, 0.1) is 0 Å². The summed E-state index contributed by atoms with van der Waals surface area (Å²) >= 11 is 1.42. The second-order valence-electron chi connectivity index (χ2n) is 3.10. The molecule has 0 aliphatic carbocycles. The summed E-state index contributed by atoms with van der Waals surface area (Å²) in [6.07, 6.45) is 1.85. The highest BCUT2D eigenvalue weighted by atomic mass is 32.2. The first kappa shape index (κ1) is 13.1. The average Bonchev–Trinajstić information content (AvgIpc) is 2.65. The van der Waals surface area contributed by atoms with E-state index < -0.39 is 10.8 Å². The highest BCUT2D eigenvalue weighted by Crippen LogP contribution is 2.15. The van der Waals surface area contributed by atoms with Gasteiger partial charge < -0.3 is 10.1 Å². The number of hydrogen-bond acceptors (Lipinski definition) is 6. The summed E-state index contributed by atoms with van der Waals surface area (Å²) in [6, 6.07) is 0. The van der Waals surface area contributed by atoms with Gasteiger partial charge in [0.2, 0.25) is 0 Å². The number of esters is 1. The highest BCUT2D eigenvalue weighted by Gasteiger charge is 2.07. The number of thiazole rings is 1. The summed E-state index contributed by atoms with van der Waals surface area (Å²) in [6.45, 7) is 0.619. The fourth-order valence-electron chi connectivity index (χ4n) is 0.991. The fourth-order valence-corrected chi connectivity index (χ4v) is 2.12. The predicted molar refractivity (Wildman–Crippen MR) is 65.3 cm³/mol. The van der Waals surface area contributed by atoms with Crippen LogP contribution in [-0.4, -0.2) is 40.8 Å². The number of anilines is 1. The van der Waals surface area contributed by atoms with E-state index in [0.29, 0.717) is 18.0 Å². The number of ether oxygens (including phenoxy) is 1. The second kappa shape index (κ2) is 6.59. The van der Waals surface area contributed by atoms with Crippen molar-refractivity contribution in [2.45, 2.75) is 6.42 Å². The third kappa shape index (κ3) is 4.71. The van der Waals surface area contributed by atoms with Gasteiger partial charge in [0, 0.05) is 34.7 Å². The van der Waals surface area contributed by atoms with Gasteiger partial charge in [-0.25, -0.2) is 4.98 Å². The molecule has 0 amide bonds. The standard InChI is InChI=1S/C9H14N2O3S2/c1-14-8(12)5-7-6-15-9(11-7)10-3-4-16(2)13/h6H,3-5H2,1-2H3,(H,10,11). The lowest BCUT2D eigenvalue weighted by Crippen LogP contribution is -2.10. The van der Waals surface area contributed by atoms with E-state index in [9.17, 15) is 9.00 Å². The number of nitrogens with zero attached hydrogens (tertiary/aromatic N) is 1. The Morgan fingerprint density at radius 1 is 1.69 bits per heavy atom. The smallest absolute Gasteiger partial charge is 0.311 e. The van der Waals surface area contributed by atoms with E-state index >= 15 is 0 Å². The average molecular weight is 262 g/mol. The summed E-state index contributed by atoms with van der Waals surface area (Å²) in [5, 5.41) is 5.60. The van der Waals surface area contributed by atoms with E-state index in [4.69, 9.17) is 0 Å². The number of hydrogen-bond donors (Lipinski definition) is 1. The molecule has 1 atom stereocenters. The van der Waals surface area contributed by atoms with Crippen molar-refractivity contribution < 1.29 is 13.7 Å². The van der Waals surface area contributed by atoms with Crippen LogP contribution < -0.4 is 5.32 Å². The SMILES string of the molecule is COC(=O)Cc1csc(NCCS(C)=O)n1. The van der Waals surface area contributed by atoms with Crippen molar-refractivity contribution in [3.8, 4) is 0 Å². The number of methoxy groups -OCH3 is 1. The number of carbonyl (C=O) groups is 1. The Hall–Kier alpha value is -0.950. The lowest BCUT2D eigenvalue weighted by Gasteiger charge is -1.99. The van der Waals surface area contributed by atoms with Crippen LogP contribution in [0.15, 0.2) is 5.38 Å². The quantitative estimate of drug-likeness (QED) is 0.762. The zero-order valence-corrected chi connectivity index (χ0v) is 10.8. The fraction of sp³-hybridized carbons (Fsp3) is 0.556. The molecule has 0 aliphatic rings. The van der Waals surface area contributed by atoms with E-state index in [-0.39, 0.29) is 12.4 Å². The van der Waals surface area contributed by atoms with Gasteiger partial charge >= 0.3 is 5.97 Å². The molecule has 0 aromatic carbocycles. The largest absolute Gasteiger partial charge is 0.469 e. The molecule has 0 spiro atoms. The minimum Gasteiger partial charge on any atom is -0.469 e. The maximum absolute atomic E-state index is 11.0. The van der Waals surface area contributed by atoms with Gasteiger partial charge in [0.1, 0.15) is 0 Å². The Balaban J connectivity index is 2.39. The molecular formula is C9H14N2O3S2. The van der Waals surface area contributed by atoms with E-state index in [0.717, 1.165) is 5.13 Å². The first-order valence-electron chi connectivity index (χ1n) is 4.67. The summed E-state index contributed by atoms with van der Waals surface area (Å²) in [5.74, 6) is 0.290. The monoisotopic (exact) mass is 262 g/mol. The Bertz CT molecular complexity index is 379. The molecule has 16 heavy (non-hydrogen) atoms. The molecule has 0 fully saturated rings. The molecule has 0 saturated heterocycles. The summed E-state index contributed by atoms with van der Waals surface area (Å²) in [4.78, 5) is 15.2. The Kier molecular flexibility index (Phi) is 5.41. The van der Waals surface area contributed by atoms with Crippen LogP contribution in [0.25, 0.3) is 0 Å². The number of nitrogens with one attached hydrogen (secondary N) is 1. The lowest BCUT2D eigenvalue weighted by atomic mass is 10.3. The molecule has 0 aliphatic heterocycles. The predicted octanol–water partition coefficient (Wildman–Crippen LogP) is 0.649. The van der Waals surface area contributed by atoms with E-state index in [1.807, 2.05) is 5.38 Å². The molecule has 0 bridgehead atoms. The zero-order valence-electron chi connectivity index (χ0n) is 9.19. The molecule has 1 unspecified atom stereocenters. The third-order valence-electron chi connectivity index (χ3n) is 1.77. The minimum absolute atomic E-state index is 0.189. The molecule has 1 heterocycles. The van der Waals surface area contributed by atoms with Gasteiger partial charge in [-0.3, -0.25) is 9.00 Å². The molecule has 5 nitrogen and oxygen atoms in total. The van der Waals surface area contributed by atoms with Crippen molar-refractivity contribution in [2.75, 3.05) is 31.0 Å².